The molecule has 2 aromatic rings. The van der Waals surface area contributed by atoms with Crippen molar-refractivity contribution in [1.82, 2.24) is 0 Å². The molecule has 6 heteroatoms. The molecular weight excluding hydrogens is 447 g/mol. The standard InChI is InChI=1S/C9H4Br3ClS2/c10-7-1-4(3-14-7)8(11)6-2-5(13)9(12)15-6/h1-3,8H. The van der Waals surface area contributed by atoms with Gasteiger partial charge < -0.3 is 0 Å². The molecule has 1 unspecified atom stereocenters. The lowest BCUT2D eigenvalue weighted by molar-refractivity contribution is 1.25. The molecule has 1 atom stereocenters. The summed E-state index contributed by atoms with van der Waals surface area (Å²) >= 11 is 19.9. The van der Waals surface area contributed by atoms with E-state index in [0.29, 0.717) is 0 Å². The van der Waals surface area contributed by atoms with Gasteiger partial charge in [0.05, 0.1) is 17.4 Å². The maximum atomic E-state index is 6.00. The summed E-state index contributed by atoms with van der Waals surface area (Å²) in [5.41, 5.74) is 1.25. The molecule has 0 radical (unpaired) electrons. The van der Waals surface area contributed by atoms with Crippen molar-refractivity contribution in [3.05, 3.63) is 40.5 Å². The summed E-state index contributed by atoms with van der Waals surface area (Å²) in [4.78, 5) is 1.42. The number of hydrogen-bond donors (Lipinski definition) is 0. The Hall–Kier alpha value is 1.13. The highest BCUT2D eigenvalue weighted by Gasteiger charge is 2.16. The van der Waals surface area contributed by atoms with Crippen molar-refractivity contribution in [3.63, 3.8) is 0 Å². The van der Waals surface area contributed by atoms with Crippen molar-refractivity contribution in [2.75, 3.05) is 0 Å². The van der Waals surface area contributed by atoms with Gasteiger partial charge in [0.15, 0.2) is 0 Å². The van der Waals surface area contributed by atoms with E-state index in [1.54, 1.807) is 22.7 Å². The molecule has 0 aromatic carbocycles. The number of thiophene rings is 2. The molecular formula is C9H4Br3ClS2. The van der Waals surface area contributed by atoms with Gasteiger partial charge in [0.25, 0.3) is 0 Å². The Kier molecular flexibility index (Phi) is 4.35. The monoisotopic (exact) mass is 448 g/mol. The second-order valence-electron chi connectivity index (χ2n) is 2.82. The molecule has 0 saturated carbocycles. The van der Waals surface area contributed by atoms with Crippen molar-refractivity contribution >= 4 is 82.1 Å². The van der Waals surface area contributed by atoms with Crippen LogP contribution < -0.4 is 0 Å². The Labute approximate surface area is 126 Å². The minimum Gasteiger partial charge on any atom is -0.136 e. The molecule has 0 amide bonds. The maximum Gasteiger partial charge on any atom is 0.0887 e. The molecule has 15 heavy (non-hydrogen) atoms. The van der Waals surface area contributed by atoms with Gasteiger partial charge in [-0.2, -0.15) is 0 Å². The van der Waals surface area contributed by atoms with Crippen molar-refractivity contribution in [2.45, 2.75) is 4.83 Å². The molecule has 0 aliphatic heterocycles. The zero-order valence-corrected chi connectivity index (χ0v) is 14.3. The number of rotatable bonds is 2. The second kappa shape index (κ2) is 5.19. The molecule has 0 spiro atoms. The predicted molar refractivity (Wildman–Crippen MR) is 79.8 cm³/mol. The summed E-state index contributed by atoms with van der Waals surface area (Å²) in [7, 11) is 0. The van der Waals surface area contributed by atoms with Crippen LogP contribution in [0.3, 0.4) is 0 Å². The first-order chi connectivity index (χ1) is 7.08. The third-order valence-corrected chi connectivity index (χ3v) is 7.18. The van der Waals surface area contributed by atoms with Crippen LogP contribution in [0, 0.1) is 0 Å². The van der Waals surface area contributed by atoms with Crippen LogP contribution in [0.1, 0.15) is 15.3 Å². The van der Waals surface area contributed by atoms with Crippen LogP contribution >= 0.6 is 82.1 Å². The fourth-order valence-electron chi connectivity index (χ4n) is 1.11. The summed E-state index contributed by atoms with van der Waals surface area (Å²) in [6, 6.07) is 4.10. The SMILES string of the molecule is Clc1cc(C(Br)c2csc(Br)c2)sc1Br. The Bertz CT molecular complexity index is 458. The highest BCUT2D eigenvalue weighted by molar-refractivity contribution is 9.11. The molecule has 0 saturated heterocycles. The van der Waals surface area contributed by atoms with Crippen molar-refractivity contribution in [3.8, 4) is 0 Å². The fraction of sp³-hybridized carbons (Fsp3) is 0.111. The average molecular weight is 451 g/mol. The fourth-order valence-corrected chi connectivity index (χ4v) is 4.92. The molecule has 2 aromatic heterocycles. The minimum atomic E-state index is 0.217. The second-order valence-corrected chi connectivity index (χ2v) is 8.83. The predicted octanol–water partition coefficient (Wildman–Crippen LogP) is 6.47. The van der Waals surface area contributed by atoms with Gasteiger partial charge in [-0.1, -0.05) is 27.5 Å². The summed E-state index contributed by atoms with van der Waals surface area (Å²) in [6.07, 6.45) is 0. The van der Waals surface area contributed by atoms with Crippen LogP contribution in [0.25, 0.3) is 0 Å². The molecule has 2 heterocycles. The van der Waals surface area contributed by atoms with Gasteiger partial charge in [-0.3, -0.25) is 0 Å². The quantitative estimate of drug-likeness (QED) is 0.459. The first-order valence-electron chi connectivity index (χ1n) is 3.90. The number of alkyl halides is 1. The van der Waals surface area contributed by atoms with Crippen LogP contribution in [0.2, 0.25) is 5.02 Å². The summed E-state index contributed by atoms with van der Waals surface area (Å²) < 4.78 is 2.13. The van der Waals surface area contributed by atoms with E-state index < -0.39 is 0 Å². The Morgan fingerprint density at radius 3 is 2.47 bits per heavy atom. The first kappa shape index (κ1) is 12.6. The molecule has 0 fully saturated rings. The average Bonchev–Trinajstić information content (AvgIpc) is 2.74. The van der Waals surface area contributed by atoms with Crippen molar-refractivity contribution < 1.29 is 0 Å². The Morgan fingerprint density at radius 1 is 1.27 bits per heavy atom. The normalized spacial score (nSPS) is 13.1. The van der Waals surface area contributed by atoms with E-state index >= 15 is 0 Å². The molecule has 0 N–H and O–H groups in total. The van der Waals surface area contributed by atoms with E-state index in [1.165, 1.54) is 10.4 Å². The van der Waals surface area contributed by atoms with Crippen LogP contribution in [0.4, 0.5) is 0 Å². The van der Waals surface area contributed by atoms with E-state index in [-0.39, 0.29) is 4.83 Å². The van der Waals surface area contributed by atoms with Crippen LogP contribution in [-0.2, 0) is 0 Å². The minimum absolute atomic E-state index is 0.217. The summed E-state index contributed by atoms with van der Waals surface area (Å²) in [5, 5.41) is 2.90. The first-order valence-corrected chi connectivity index (χ1v) is 8.48. The molecule has 80 valence electrons. The van der Waals surface area contributed by atoms with Crippen molar-refractivity contribution in [2.24, 2.45) is 0 Å². The molecule has 0 bridgehead atoms. The third-order valence-electron chi connectivity index (χ3n) is 1.79. The molecule has 2 rings (SSSR count). The highest BCUT2D eigenvalue weighted by Crippen LogP contribution is 2.42. The van der Waals surface area contributed by atoms with Gasteiger partial charge in [0.2, 0.25) is 0 Å². The zero-order valence-electron chi connectivity index (χ0n) is 7.14. The van der Waals surface area contributed by atoms with Gasteiger partial charge >= 0.3 is 0 Å². The largest absolute Gasteiger partial charge is 0.136 e. The van der Waals surface area contributed by atoms with E-state index in [2.05, 4.69) is 59.2 Å². The van der Waals surface area contributed by atoms with Crippen LogP contribution in [0.5, 0.6) is 0 Å². The van der Waals surface area contributed by atoms with Gasteiger partial charge in [-0.15, -0.1) is 22.7 Å². The summed E-state index contributed by atoms with van der Waals surface area (Å²) in [6.45, 7) is 0. The lowest BCUT2D eigenvalue weighted by Gasteiger charge is -2.03. The zero-order chi connectivity index (χ0) is 11.0. The van der Waals surface area contributed by atoms with Crippen LogP contribution in [0.15, 0.2) is 25.1 Å². The Balaban J connectivity index is 2.31. The van der Waals surface area contributed by atoms with E-state index in [4.69, 9.17) is 11.6 Å². The van der Waals surface area contributed by atoms with E-state index in [0.717, 1.165) is 12.6 Å². The molecule has 0 nitrogen and oxygen atoms in total. The lowest BCUT2D eigenvalue weighted by atomic mass is 10.2. The maximum absolute atomic E-state index is 6.00. The van der Waals surface area contributed by atoms with Gasteiger partial charge in [0, 0.05) is 4.88 Å². The van der Waals surface area contributed by atoms with Crippen LogP contribution in [-0.4, -0.2) is 0 Å². The van der Waals surface area contributed by atoms with E-state index in [1.807, 2.05) is 6.07 Å². The lowest BCUT2D eigenvalue weighted by Crippen LogP contribution is -1.84. The Morgan fingerprint density at radius 2 is 2.00 bits per heavy atom. The third kappa shape index (κ3) is 2.87. The van der Waals surface area contributed by atoms with Crippen molar-refractivity contribution in [1.29, 1.82) is 0 Å². The van der Waals surface area contributed by atoms with Gasteiger partial charge in [-0.05, 0) is 54.9 Å². The molecule has 0 aliphatic carbocycles. The number of hydrogen-bond acceptors (Lipinski definition) is 2. The summed E-state index contributed by atoms with van der Waals surface area (Å²) in [5.74, 6) is 0. The smallest absolute Gasteiger partial charge is 0.0887 e. The topological polar surface area (TPSA) is 0 Å². The molecule has 0 aliphatic rings. The van der Waals surface area contributed by atoms with Gasteiger partial charge in [-0.25, -0.2) is 0 Å². The van der Waals surface area contributed by atoms with Gasteiger partial charge in [0.1, 0.15) is 0 Å². The van der Waals surface area contributed by atoms with E-state index in [9.17, 15) is 0 Å². The number of halogens is 4. The highest BCUT2D eigenvalue weighted by atomic mass is 79.9.